The van der Waals surface area contributed by atoms with Crippen molar-refractivity contribution < 1.29 is 14.3 Å². The molecular formula is C14H15FN2O2. The monoisotopic (exact) mass is 262 g/mol. The summed E-state index contributed by atoms with van der Waals surface area (Å²) >= 11 is 0. The summed E-state index contributed by atoms with van der Waals surface area (Å²) in [6.07, 6.45) is 3.17. The number of carboxylic acid groups (broad SMARTS) is 1. The Labute approximate surface area is 111 Å². The predicted octanol–water partition coefficient (Wildman–Crippen LogP) is 2.53. The molecule has 4 nitrogen and oxygen atoms in total. The van der Waals surface area contributed by atoms with Gasteiger partial charge in [0, 0.05) is 6.54 Å². The number of hydrogen-bond acceptors (Lipinski definition) is 3. The van der Waals surface area contributed by atoms with Gasteiger partial charge < -0.3 is 10.0 Å². The van der Waals surface area contributed by atoms with Crippen molar-refractivity contribution in [2.75, 3.05) is 11.4 Å². The summed E-state index contributed by atoms with van der Waals surface area (Å²) in [5.41, 5.74) is 0.312. The SMILES string of the molecule is N#Cc1c(F)cccc1N1CCCCCC1C(=O)O. The Balaban J connectivity index is 2.45. The highest BCUT2D eigenvalue weighted by Gasteiger charge is 2.29. The quantitative estimate of drug-likeness (QED) is 0.889. The van der Waals surface area contributed by atoms with E-state index in [0.717, 1.165) is 19.3 Å². The van der Waals surface area contributed by atoms with Crippen LogP contribution in [-0.4, -0.2) is 23.7 Å². The van der Waals surface area contributed by atoms with Gasteiger partial charge in [-0.3, -0.25) is 0 Å². The molecule has 0 saturated carbocycles. The standard InChI is InChI=1S/C14H15FN2O2/c15-11-5-4-7-12(10(11)9-16)17-8-3-1-2-6-13(17)14(18)19/h4-5,7,13H,1-3,6,8H2,(H,18,19). The Kier molecular flexibility index (Phi) is 4.00. The van der Waals surface area contributed by atoms with Crippen LogP contribution in [-0.2, 0) is 4.79 Å². The maximum absolute atomic E-state index is 13.6. The largest absolute Gasteiger partial charge is 0.480 e. The minimum atomic E-state index is -0.921. The van der Waals surface area contributed by atoms with Crippen molar-refractivity contribution in [2.24, 2.45) is 0 Å². The van der Waals surface area contributed by atoms with E-state index in [0.29, 0.717) is 18.7 Å². The average molecular weight is 262 g/mol. The summed E-state index contributed by atoms with van der Waals surface area (Å²) in [6.45, 7) is 0.537. The van der Waals surface area contributed by atoms with E-state index in [9.17, 15) is 14.3 Å². The second kappa shape index (κ2) is 5.70. The van der Waals surface area contributed by atoms with Gasteiger partial charge in [-0.2, -0.15) is 5.26 Å². The third-order valence-electron chi connectivity index (χ3n) is 3.45. The number of anilines is 1. The van der Waals surface area contributed by atoms with E-state index in [1.165, 1.54) is 12.1 Å². The fourth-order valence-electron chi connectivity index (χ4n) is 2.52. The topological polar surface area (TPSA) is 64.3 Å². The van der Waals surface area contributed by atoms with Gasteiger partial charge in [0.2, 0.25) is 0 Å². The number of rotatable bonds is 2. The molecule has 100 valence electrons. The Morgan fingerprint density at radius 1 is 1.42 bits per heavy atom. The highest BCUT2D eigenvalue weighted by molar-refractivity contribution is 5.79. The van der Waals surface area contributed by atoms with E-state index in [-0.39, 0.29) is 5.56 Å². The molecule has 1 aliphatic rings. The van der Waals surface area contributed by atoms with Crippen LogP contribution >= 0.6 is 0 Å². The summed E-state index contributed by atoms with van der Waals surface area (Å²) in [4.78, 5) is 13.0. The first-order valence-corrected chi connectivity index (χ1v) is 6.33. The van der Waals surface area contributed by atoms with Gasteiger partial charge in [0.25, 0.3) is 0 Å². The normalized spacial score (nSPS) is 19.6. The van der Waals surface area contributed by atoms with Gasteiger partial charge in [0.15, 0.2) is 0 Å². The first-order valence-electron chi connectivity index (χ1n) is 6.33. The molecule has 19 heavy (non-hydrogen) atoms. The molecule has 1 aliphatic heterocycles. The van der Waals surface area contributed by atoms with Crippen LogP contribution in [0, 0.1) is 17.1 Å². The van der Waals surface area contributed by atoms with Crippen LogP contribution in [0.25, 0.3) is 0 Å². The van der Waals surface area contributed by atoms with E-state index in [4.69, 9.17) is 5.26 Å². The number of nitriles is 1. The van der Waals surface area contributed by atoms with Gasteiger partial charge in [-0.1, -0.05) is 18.9 Å². The maximum Gasteiger partial charge on any atom is 0.326 e. The minimum absolute atomic E-state index is 0.0735. The Bertz CT molecular complexity index is 525. The highest BCUT2D eigenvalue weighted by Crippen LogP contribution is 2.28. The molecule has 1 fully saturated rings. The van der Waals surface area contributed by atoms with Crippen molar-refractivity contribution in [1.82, 2.24) is 0 Å². The van der Waals surface area contributed by atoms with Crippen LogP contribution in [0.1, 0.15) is 31.2 Å². The summed E-state index contributed by atoms with van der Waals surface area (Å²) in [5, 5.41) is 18.4. The van der Waals surface area contributed by atoms with Crippen LogP contribution in [0.5, 0.6) is 0 Å². The molecule has 1 aromatic rings. The van der Waals surface area contributed by atoms with E-state index >= 15 is 0 Å². The lowest BCUT2D eigenvalue weighted by molar-refractivity contribution is -0.138. The van der Waals surface area contributed by atoms with E-state index in [1.807, 2.05) is 6.07 Å². The molecule has 0 spiro atoms. The van der Waals surface area contributed by atoms with Gasteiger partial charge in [-0.15, -0.1) is 0 Å². The second-order valence-corrected chi connectivity index (χ2v) is 4.64. The zero-order valence-electron chi connectivity index (χ0n) is 10.5. The summed E-state index contributed by atoms with van der Waals surface area (Å²) in [6, 6.07) is 5.49. The summed E-state index contributed by atoms with van der Waals surface area (Å²) in [7, 11) is 0. The molecule has 2 rings (SSSR count). The first-order chi connectivity index (χ1) is 9.15. The Morgan fingerprint density at radius 2 is 2.21 bits per heavy atom. The fourth-order valence-corrected chi connectivity index (χ4v) is 2.52. The predicted molar refractivity (Wildman–Crippen MR) is 68.4 cm³/mol. The third-order valence-corrected chi connectivity index (χ3v) is 3.45. The zero-order chi connectivity index (χ0) is 13.8. The molecular weight excluding hydrogens is 247 g/mol. The van der Waals surface area contributed by atoms with Gasteiger partial charge in [-0.05, 0) is 25.0 Å². The van der Waals surface area contributed by atoms with Crippen LogP contribution in [0.2, 0.25) is 0 Å². The van der Waals surface area contributed by atoms with Crippen LogP contribution in [0.3, 0.4) is 0 Å². The molecule has 1 unspecified atom stereocenters. The van der Waals surface area contributed by atoms with Gasteiger partial charge in [0.1, 0.15) is 23.5 Å². The smallest absolute Gasteiger partial charge is 0.326 e. The van der Waals surface area contributed by atoms with E-state index < -0.39 is 17.8 Å². The van der Waals surface area contributed by atoms with Crippen molar-refractivity contribution in [1.29, 1.82) is 5.26 Å². The van der Waals surface area contributed by atoms with Gasteiger partial charge in [-0.25, -0.2) is 9.18 Å². The molecule has 0 bridgehead atoms. The number of halogens is 1. The number of hydrogen-bond donors (Lipinski definition) is 1. The zero-order valence-corrected chi connectivity index (χ0v) is 10.5. The number of carboxylic acids is 1. The number of carbonyl (C=O) groups is 1. The van der Waals surface area contributed by atoms with Crippen molar-refractivity contribution in [3.05, 3.63) is 29.6 Å². The third kappa shape index (κ3) is 2.68. The molecule has 0 aromatic heterocycles. The Hall–Kier alpha value is -2.09. The molecule has 1 N–H and O–H groups in total. The summed E-state index contributed by atoms with van der Waals surface area (Å²) < 4.78 is 13.6. The van der Waals surface area contributed by atoms with Gasteiger partial charge >= 0.3 is 5.97 Å². The van der Waals surface area contributed by atoms with Crippen molar-refractivity contribution in [2.45, 2.75) is 31.7 Å². The first kappa shape index (κ1) is 13.3. The van der Waals surface area contributed by atoms with E-state index in [1.54, 1.807) is 11.0 Å². The van der Waals surface area contributed by atoms with Crippen molar-refractivity contribution in [3.63, 3.8) is 0 Å². The minimum Gasteiger partial charge on any atom is -0.480 e. The molecule has 1 atom stereocenters. The van der Waals surface area contributed by atoms with E-state index in [2.05, 4.69) is 0 Å². The van der Waals surface area contributed by atoms with Crippen LogP contribution in [0.15, 0.2) is 18.2 Å². The Morgan fingerprint density at radius 3 is 2.89 bits per heavy atom. The second-order valence-electron chi connectivity index (χ2n) is 4.64. The molecule has 0 radical (unpaired) electrons. The lowest BCUT2D eigenvalue weighted by atomic mass is 10.1. The molecule has 0 amide bonds. The number of aliphatic carboxylic acids is 1. The molecule has 1 aromatic carbocycles. The molecule has 0 aliphatic carbocycles. The highest BCUT2D eigenvalue weighted by atomic mass is 19.1. The molecule has 1 saturated heterocycles. The van der Waals surface area contributed by atoms with Crippen LogP contribution in [0.4, 0.5) is 10.1 Å². The average Bonchev–Trinajstić information content (AvgIpc) is 2.63. The van der Waals surface area contributed by atoms with Crippen molar-refractivity contribution >= 4 is 11.7 Å². The fraction of sp³-hybridized carbons (Fsp3) is 0.429. The molecule has 5 heteroatoms. The summed E-state index contributed by atoms with van der Waals surface area (Å²) in [5.74, 6) is -1.52. The van der Waals surface area contributed by atoms with Crippen LogP contribution < -0.4 is 4.90 Å². The van der Waals surface area contributed by atoms with Crippen molar-refractivity contribution in [3.8, 4) is 6.07 Å². The number of nitrogens with zero attached hydrogens (tertiary/aromatic N) is 2. The molecule has 1 heterocycles. The maximum atomic E-state index is 13.6. The van der Waals surface area contributed by atoms with Gasteiger partial charge in [0.05, 0.1) is 5.69 Å². The lowest BCUT2D eigenvalue weighted by Crippen LogP contribution is -2.41. The number of benzene rings is 1. The lowest BCUT2D eigenvalue weighted by Gasteiger charge is -2.29.